The number of H-pyrrole nitrogens is 1. The molecule has 2 heterocycles. The second-order valence-electron chi connectivity index (χ2n) is 7.12. The molecule has 1 aromatic rings. The summed E-state index contributed by atoms with van der Waals surface area (Å²) in [4.78, 5) is 12.8. The number of morpholine rings is 1. The zero-order valence-electron chi connectivity index (χ0n) is 14.2. The van der Waals surface area contributed by atoms with E-state index in [1.165, 1.54) is 5.69 Å². The number of aryl methyl sites for hydroxylation is 2. The topological polar surface area (TPSA) is 44.4 Å². The monoisotopic (exact) mass is 294 g/mol. The number of ether oxygens (including phenoxy) is 1. The van der Waals surface area contributed by atoms with Crippen molar-refractivity contribution >= 4 is 0 Å². The molecule has 0 bridgehead atoms. The van der Waals surface area contributed by atoms with Gasteiger partial charge in [-0.15, -0.1) is 0 Å². The lowest BCUT2D eigenvalue weighted by Gasteiger charge is -2.37. The van der Waals surface area contributed by atoms with Gasteiger partial charge in [0.2, 0.25) is 0 Å². The first-order valence-electron chi connectivity index (χ1n) is 7.86. The van der Waals surface area contributed by atoms with Crippen LogP contribution in [-0.2, 0) is 11.3 Å². The summed E-state index contributed by atoms with van der Waals surface area (Å²) in [6.45, 7) is 15.7. The molecule has 0 radical (unpaired) electrons. The fourth-order valence-corrected chi connectivity index (χ4v) is 3.15. The summed E-state index contributed by atoms with van der Waals surface area (Å²) >= 11 is 0. The number of hydrogen-bond acceptors (Lipinski definition) is 4. The second kappa shape index (κ2) is 6.90. The average Bonchev–Trinajstić information content (AvgIpc) is 2.67. The van der Waals surface area contributed by atoms with Crippen LogP contribution in [0.5, 0.6) is 0 Å². The largest absolute Gasteiger partial charge is 0.379 e. The molecule has 0 atom stereocenters. The van der Waals surface area contributed by atoms with E-state index in [1.54, 1.807) is 0 Å². The molecule has 5 nitrogen and oxygen atoms in total. The molecule has 0 saturated carbocycles. The smallest absolute Gasteiger partial charge is 0.120 e. The SMILES string of the molecule is Cc1nc(CN(C)CC(C)(C)CN2CCOCC2)[nH]c1C. The first-order chi connectivity index (χ1) is 9.85. The number of rotatable bonds is 6. The first-order valence-corrected chi connectivity index (χ1v) is 7.86. The van der Waals surface area contributed by atoms with Gasteiger partial charge >= 0.3 is 0 Å². The highest BCUT2D eigenvalue weighted by Crippen LogP contribution is 2.20. The van der Waals surface area contributed by atoms with Gasteiger partial charge in [-0.3, -0.25) is 9.80 Å². The van der Waals surface area contributed by atoms with Crippen LogP contribution in [0.2, 0.25) is 0 Å². The van der Waals surface area contributed by atoms with E-state index in [9.17, 15) is 0 Å². The lowest BCUT2D eigenvalue weighted by atomic mass is 9.92. The average molecular weight is 294 g/mol. The van der Waals surface area contributed by atoms with Gasteiger partial charge in [0.25, 0.3) is 0 Å². The molecule has 1 fully saturated rings. The van der Waals surface area contributed by atoms with Gasteiger partial charge in [-0.05, 0) is 26.3 Å². The van der Waals surface area contributed by atoms with Crippen LogP contribution in [0.4, 0.5) is 0 Å². The molecule has 1 N–H and O–H groups in total. The summed E-state index contributed by atoms with van der Waals surface area (Å²) in [5, 5.41) is 0. The fraction of sp³-hybridized carbons (Fsp3) is 0.812. The van der Waals surface area contributed by atoms with Crippen LogP contribution in [0.15, 0.2) is 0 Å². The Balaban J connectivity index is 1.83. The minimum Gasteiger partial charge on any atom is -0.379 e. The van der Waals surface area contributed by atoms with Crippen LogP contribution >= 0.6 is 0 Å². The zero-order valence-corrected chi connectivity index (χ0v) is 14.2. The molecule has 120 valence electrons. The molecule has 0 aromatic carbocycles. The van der Waals surface area contributed by atoms with Crippen LogP contribution in [-0.4, -0.2) is 66.2 Å². The van der Waals surface area contributed by atoms with Crippen molar-refractivity contribution in [2.24, 2.45) is 5.41 Å². The molecule has 1 aliphatic rings. The van der Waals surface area contributed by atoms with Crippen LogP contribution in [0.3, 0.4) is 0 Å². The van der Waals surface area contributed by atoms with E-state index in [0.29, 0.717) is 0 Å². The summed E-state index contributed by atoms with van der Waals surface area (Å²) in [7, 11) is 2.17. The molecule has 0 unspecified atom stereocenters. The van der Waals surface area contributed by atoms with E-state index >= 15 is 0 Å². The molecule has 1 aromatic heterocycles. The van der Waals surface area contributed by atoms with Crippen molar-refractivity contribution in [1.29, 1.82) is 0 Å². The van der Waals surface area contributed by atoms with Gasteiger partial charge in [0.15, 0.2) is 0 Å². The Labute approximate surface area is 128 Å². The van der Waals surface area contributed by atoms with Crippen LogP contribution in [0, 0.1) is 19.3 Å². The summed E-state index contributed by atoms with van der Waals surface area (Å²) < 4.78 is 5.42. The van der Waals surface area contributed by atoms with Gasteiger partial charge in [-0.25, -0.2) is 4.98 Å². The third kappa shape index (κ3) is 5.09. The highest BCUT2D eigenvalue weighted by atomic mass is 16.5. The van der Waals surface area contributed by atoms with Gasteiger partial charge < -0.3 is 9.72 Å². The van der Waals surface area contributed by atoms with Gasteiger partial charge in [-0.2, -0.15) is 0 Å². The van der Waals surface area contributed by atoms with Crippen LogP contribution in [0.1, 0.15) is 31.1 Å². The Morgan fingerprint density at radius 3 is 2.52 bits per heavy atom. The fourth-order valence-electron chi connectivity index (χ4n) is 3.15. The highest BCUT2D eigenvalue weighted by molar-refractivity contribution is 5.10. The van der Waals surface area contributed by atoms with E-state index in [-0.39, 0.29) is 5.41 Å². The molecule has 0 spiro atoms. The predicted octanol–water partition coefficient (Wildman–Crippen LogP) is 1.82. The lowest BCUT2D eigenvalue weighted by molar-refractivity contribution is 0.0160. The molecule has 1 saturated heterocycles. The third-order valence-corrected chi connectivity index (χ3v) is 4.05. The number of nitrogens with zero attached hydrogens (tertiary/aromatic N) is 3. The molecule has 2 rings (SSSR count). The summed E-state index contributed by atoms with van der Waals surface area (Å²) in [5.41, 5.74) is 2.54. The van der Waals surface area contributed by atoms with Gasteiger partial charge in [0, 0.05) is 31.9 Å². The van der Waals surface area contributed by atoms with Crippen molar-refractivity contribution in [3.8, 4) is 0 Å². The van der Waals surface area contributed by atoms with Gasteiger partial charge in [0.1, 0.15) is 5.82 Å². The van der Waals surface area contributed by atoms with Crippen molar-refractivity contribution in [2.45, 2.75) is 34.2 Å². The minimum atomic E-state index is 0.267. The maximum Gasteiger partial charge on any atom is 0.120 e. The minimum absolute atomic E-state index is 0.267. The standard InChI is InChI=1S/C16H30N4O/c1-13-14(2)18-15(17-13)10-19(5)11-16(3,4)12-20-6-8-21-9-7-20/h6-12H2,1-5H3,(H,17,18). The number of hydrogen-bond donors (Lipinski definition) is 1. The summed E-state index contributed by atoms with van der Waals surface area (Å²) in [6, 6.07) is 0. The Morgan fingerprint density at radius 2 is 1.95 bits per heavy atom. The Kier molecular flexibility index (Phi) is 5.41. The van der Waals surface area contributed by atoms with Crippen LogP contribution < -0.4 is 0 Å². The predicted molar refractivity (Wildman–Crippen MR) is 85.4 cm³/mol. The summed E-state index contributed by atoms with van der Waals surface area (Å²) in [5.74, 6) is 1.06. The summed E-state index contributed by atoms with van der Waals surface area (Å²) in [6.07, 6.45) is 0. The van der Waals surface area contributed by atoms with Crippen molar-refractivity contribution in [2.75, 3.05) is 46.4 Å². The molecule has 21 heavy (non-hydrogen) atoms. The Morgan fingerprint density at radius 1 is 1.29 bits per heavy atom. The van der Waals surface area contributed by atoms with E-state index in [2.05, 4.69) is 54.5 Å². The number of aromatic amines is 1. The maximum atomic E-state index is 5.42. The first kappa shape index (κ1) is 16.5. The van der Waals surface area contributed by atoms with Crippen molar-refractivity contribution < 1.29 is 4.74 Å². The van der Waals surface area contributed by atoms with Crippen molar-refractivity contribution in [1.82, 2.24) is 19.8 Å². The molecule has 0 aliphatic carbocycles. The number of imidazole rings is 1. The maximum absolute atomic E-state index is 5.42. The quantitative estimate of drug-likeness (QED) is 0.869. The lowest BCUT2D eigenvalue weighted by Crippen LogP contribution is -2.45. The second-order valence-corrected chi connectivity index (χ2v) is 7.12. The normalized spacial score (nSPS) is 17.6. The van der Waals surface area contributed by atoms with Crippen molar-refractivity contribution in [3.05, 3.63) is 17.2 Å². The van der Waals surface area contributed by atoms with Gasteiger partial charge in [-0.1, -0.05) is 13.8 Å². The number of aromatic nitrogens is 2. The van der Waals surface area contributed by atoms with E-state index in [1.807, 2.05) is 0 Å². The van der Waals surface area contributed by atoms with E-state index in [0.717, 1.165) is 57.5 Å². The van der Waals surface area contributed by atoms with Gasteiger partial charge in [0.05, 0.1) is 25.5 Å². The molecular formula is C16H30N4O. The molecule has 5 heteroatoms. The third-order valence-electron chi connectivity index (χ3n) is 4.05. The molecular weight excluding hydrogens is 264 g/mol. The highest BCUT2D eigenvalue weighted by Gasteiger charge is 2.25. The zero-order chi connectivity index (χ0) is 15.5. The molecule has 1 aliphatic heterocycles. The van der Waals surface area contributed by atoms with E-state index in [4.69, 9.17) is 4.74 Å². The number of nitrogens with one attached hydrogen (secondary N) is 1. The van der Waals surface area contributed by atoms with Crippen LogP contribution in [0.25, 0.3) is 0 Å². The Hall–Kier alpha value is -0.910. The van der Waals surface area contributed by atoms with Crippen molar-refractivity contribution in [3.63, 3.8) is 0 Å². The molecule has 0 amide bonds. The van der Waals surface area contributed by atoms with E-state index < -0.39 is 0 Å². The Bertz CT molecular complexity index is 430.